The van der Waals surface area contributed by atoms with Crippen LogP contribution in [0.1, 0.15) is 18.6 Å². The summed E-state index contributed by atoms with van der Waals surface area (Å²) in [7, 11) is 1.58. The lowest BCUT2D eigenvalue weighted by molar-refractivity contribution is -0.144. The van der Waals surface area contributed by atoms with E-state index in [0.29, 0.717) is 0 Å². The summed E-state index contributed by atoms with van der Waals surface area (Å²) in [4.78, 5) is 10.8. The smallest absolute Gasteiger partial charge is 0.304 e. The molecule has 1 atom stereocenters. The van der Waals surface area contributed by atoms with Crippen molar-refractivity contribution in [3.05, 3.63) is 29.8 Å². The molecule has 0 radical (unpaired) electrons. The first kappa shape index (κ1) is 11.1. The van der Waals surface area contributed by atoms with Gasteiger partial charge in [-0.2, -0.15) is 0 Å². The Labute approximate surface area is 89.0 Å². The average Bonchev–Trinajstić information content (AvgIpc) is 2.26. The molecule has 0 amide bonds. The fourth-order valence-electron chi connectivity index (χ4n) is 1.14. The lowest BCUT2D eigenvalue weighted by atomic mass is 10.1. The van der Waals surface area contributed by atoms with Gasteiger partial charge in [0.25, 0.3) is 0 Å². The minimum Gasteiger partial charge on any atom is -0.497 e. The van der Waals surface area contributed by atoms with E-state index in [1.165, 1.54) is 6.92 Å². The Hall–Kier alpha value is -1.95. The van der Waals surface area contributed by atoms with Gasteiger partial charge in [0.05, 0.1) is 7.11 Å². The van der Waals surface area contributed by atoms with Crippen molar-refractivity contribution in [3.63, 3.8) is 0 Å². The van der Waals surface area contributed by atoms with E-state index in [4.69, 9.17) is 15.9 Å². The van der Waals surface area contributed by atoms with E-state index in [2.05, 4.69) is 5.92 Å². The van der Waals surface area contributed by atoms with E-state index < -0.39 is 12.1 Å². The van der Waals surface area contributed by atoms with E-state index in [1.54, 1.807) is 31.4 Å². The normalized spacial score (nSPS) is 11.3. The number of methoxy groups -OCH3 is 1. The van der Waals surface area contributed by atoms with Crippen LogP contribution in [0.3, 0.4) is 0 Å². The highest BCUT2D eigenvalue weighted by Gasteiger charge is 2.10. The summed E-state index contributed by atoms with van der Waals surface area (Å²) < 4.78 is 9.95. The van der Waals surface area contributed by atoms with Crippen molar-refractivity contribution in [3.8, 4) is 18.1 Å². The third-order valence-corrected chi connectivity index (χ3v) is 1.85. The summed E-state index contributed by atoms with van der Waals surface area (Å²) in [5.74, 6) is 2.74. The van der Waals surface area contributed by atoms with Gasteiger partial charge in [0.1, 0.15) is 5.75 Å². The molecule has 0 fully saturated rings. The second kappa shape index (κ2) is 5.06. The Bertz CT molecular complexity index is 373. The number of ether oxygens (including phenoxy) is 2. The zero-order valence-electron chi connectivity index (χ0n) is 8.69. The number of rotatable bonds is 3. The second-order valence-electron chi connectivity index (χ2n) is 2.93. The highest BCUT2D eigenvalue weighted by Crippen LogP contribution is 2.19. The highest BCUT2D eigenvalue weighted by atomic mass is 16.5. The van der Waals surface area contributed by atoms with Crippen LogP contribution < -0.4 is 4.74 Å². The molecule has 0 spiro atoms. The molecule has 1 aromatic carbocycles. The molecule has 0 saturated heterocycles. The van der Waals surface area contributed by atoms with Gasteiger partial charge in [-0.1, -0.05) is 18.1 Å². The molecule has 15 heavy (non-hydrogen) atoms. The van der Waals surface area contributed by atoms with E-state index >= 15 is 0 Å². The van der Waals surface area contributed by atoms with Gasteiger partial charge < -0.3 is 9.47 Å². The van der Waals surface area contributed by atoms with Crippen LogP contribution in [0, 0.1) is 12.3 Å². The molecule has 0 N–H and O–H groups in total. The first-order valence-corrected chi connectivity index (χ1v) is 4.44. The maximum atomic E-state index is 10.8. The van der Waals surface area contributed by atoms with Gasteiger partial charge in [-0.05, 0) is 12.1 Å². The molecule has 0 saturated carbocycles. The van der Waals surface area contributed by atoms with Gasteiger partial charge in [-0.25, -0.2) is 0 Å². The second-order valence-corrected chi connectivity index (χ2v) is 2.93. The molecule has 3 nitrogen and oxygen atoms in total. The van der Waals surface area contributed by atoms with Crippen molar-refractivity contribution < 1.29 is 14.3 Å². The summed E-state index contributed by atoms with van der Waals surface area (Å²) in [6, 6.07) is 7.07. The lowest BCUT2D eigenvalue weighted by Gasteiger charge is -2.11. The van der Waals surface area contributed by atoms with Crippen LogP contribution in [0.15, 0.2) is 24.3 Å². The Morgan fingerprint density at radius 1 is 1.40 bits per heavy atom. The SMILES string of the molecule is C#C[C@H](OC(C)=O)c1ccc(OC)cc1. The van der Waals surface area contributed by atoms with E-state index in [9.17, 15) is 4.79 Å². The minimum absolute atomic E-state index is 0.395. The molecular weight excluding hydrogens is 192 g/mol. The van der Waals surface area contributed by atoms with Crippen molar-refractivity contribution in [1.82, 2.24) is 0 Å². The van der Waals surface area contributed by atoms with Crippen molar-refractivity contribution in [1.29, 1.82) is 0 Å². The molecule has 1 rings (SSSR count). The first-order chi connectivity index (χ1) is 7.17. The van der Waals surface area contributed by atoms with Crippen LogP contribution in [0.5, 0.6) is 5.75 Å². The molecule has 1 aromatic rings. The first-order valence-electron chi connectivity index (χ1n) is 4.44. The molecule has 0 aliphatic heterocycles. The number of benzene rings is 1. The van der Waals surface area contributed by atoms with E-state index in [-0.39, 0.29) is 0 Å². The zero-order chi connectivity index (χ0) is 11.3. The van der Waals surface area contributed by atoms with Gasteiger partial charge >= 0.3 is 5.97 Å². The lowest BCUT2D eigenvalue weighted by Crippen LogP contribution is -2.06. The van der Waals surface area contributed by atoms with Crippen LogP contribution in [-0.2, 0) is 9.53 Å². The minimum atomic E-state index is -0.631. The summed E-state index contributed by atoms with van der Waals surface area (Å²) in [6.07, 6.45) is 4.63. The predicted molar refractivity (Wildman–Crippen MR) is 56.3 cm³/mol. The summed E-state index contributed by atoms with van der Waals surface area (Å²) in [6.45, 7) is 1.33. The third-order valence-electron chi connectivity index (χ3n) is 1.85. The quantitative estimate of drug-likeness (QED) is 0.557. The number of carbonyl (C=O) groups is 1. The summed E-state index contributed by atoms with van der Waals surface area (Å²) >= 11 is 0. The zero-order valence-corrected chi connectivity index (χ0v) is 8.69. The fraction of sp³-hybridized carbons (Fsp3) is 0.250. The third kappa shape index (κ3) is 3.03. The average molecular weight is 204 g/mol. The van der Waals surface area contributed by atoms with Gasteiger partial charge in [-0.3, -0.25) is 4.79 Å². The van der Waals surface area contributed by atoms with Crippen LogP contribution >= 0.6 is 0 Å². The Balaban J connectivity index is 2.84. The molecule has 0 aromatic heterocycles. The van der Waals surface area contributed by atoms with Crippen LogP contribution in [-0.4, -0.2) is 13.1 Å². The maximum absolute atomic E-state index is 10.8. The number of carbonyl (C=O) groups excluding carboxylic acids is 1. The Morgan fingerprint density at radius 2 is 2.00 bits per heavy atom. The van der Waals surface area contributed by atoms with Crippen LogP contribution in [0.25, 0.3) is 0 Å². The van der Waals surface area contributed by atoms with Crippen LogP contribution in [0.2, 0.25) is 0 Å². The molecule has 78 valence electrons. The predicted octanol–water partition coefficient (Wildman–Crippen LogP) is 1.93. The number of hydrogen-bond donors (Lipinski definition) is 0. The van der Waals surface area contributed by atoms with Gasteiger partial charge in [0, 0.05) is 12.5 Å². The summed E-state index contributed by atoms with van der Waals surface area (Å²) in [5, 5.41) is 0. The van der Waals surface area contributed by atoms with E-state index in [1.807, 2.05) is 0 Å². The largest absolute Gasteiger partial charge is 0.497 e. The topological polar surface area (TPSA) is 35.5 Å². The molecule has 0 unspecified atom stereocenters. The van der Waals surface area contributed by atoms with Crippen molar-refractivity contribution in [2.45, 2.75) is 13.0 Å². The van der Waals surface area contributed by atoms with Crippen LogP contribution in [0.4, 0.5) is 0 Å². The van der Waals surface area contributed by atoms with E-state index in [0.717, 1.165) is 11.3 Å². The molecule has 3 heteroatoms. The fourth-order valence-corrected chi connectivity index (χ4v) is 1.14. The molecule has 0 aliphatic carbocycles. The Morgan fingerprint density at radius 3 is 2.40 bits per heavy atom. The molecular formula is C12H12O3. The number of terminal acetylenes is 1. The number of esters is 1. The summed E-state index contributed by atoms with van der Waals surface area (Å²) in [5.41, 5.74) is 0.758. The van der Waals surface area contributed by atoms with Crippen molar-refractivity contribution in [2.75, 3.05) is 7.11 Å². The highest BCUT2D eigenvalue weighted by molar-refractivity contribution is 5.66. The molecule has 0 bridgehead atoms. The van der Waals surface area contributed by atoms with Gasteiger partial charge in [0.15, 0.2) is 6.10 Å². The van der Waals surface area contributed by atoms with Gasteiger partial charge in [0.2, 0.25) is 0 Å². The standard InChI is InChI=1S/C12H12O3/c1-4-12(15-9(2)13)10-5-7-11(14-3)8-6-10/h1,5-8,12H,2-3H3/t12-/m0/s1. The maximum Gasteiger partial charge on any atom is 0.304 e. The number of hydrogen-bond acceptors (Lipinski definition) is 3. The molecule has 0 aliphatic rings. The Kier molecular flexibility index (Phi) is 3.75. The van der Waals surface area contributed by atoms with Crippen molar-refractivity contribution >= 4 is 5.97 Å². The molecule has 0 heterocycles. The monoisotopic (exact) mass is 204 g/mol. The van der Waals surface area contributed by atoms with Gasteiger partial charge in [-0.15, -0.1) is 6.42 Å². The van der Waals surface area contributed by atoms with Crippen molar-refractivity contribution in [2.24, 2.45) is 0 Å².